The first kappa shape index (κ1) is 19.9. The third-order valence-electron chi connectivity index (χ3n) is 3.89. The third kappa shape index (κ3) is 4.41. The van der Waals surface area contributed by atoms with Crippen LogP contribution in [-0.2, 0) is 0 Å². The molecule has 0 unspecified atom stereocenters. The summed E-state index contributed by atoms with van der Waals surface area (Å²) in [6.45, 7) is 1.87. The minimum absolute atomic E-state index is 0.228. The Kier molecular flexibility index (Phi) is 6.48. The van der Waals surface area contributed by atoms with Crippen LogP contribution in [0.2, 0.25) is 0 Å². The minimum Gasteiger partial charge on any atom is -0.496 e. The average Bonchev–Trinajstić information content (AvgIpc) is 2.70. The lowest BCUT2D eigenvalue weighted by Gasteiger charge is -2.14. The Morgan fingerprint density at radius 3 is 1.67 bits per heavy atom. The van der Waals surface area contributed by atoms with E-state index in [2.05, 4.69) is 10.9 Å². The third-order valence-corrected chi connectivity index (χ3v) is 3.89. The highest BCUT2D eigenvalue weighted by Crippen LogP contribution is 2.38. The molecule has 0 bridgehead atoms. The van der Waals surface area contributed by atoms with Gasteiger partial charge in [0.05, 0.1) is 28.4 Å². The van der Waals surface area contributed by atoms with Crippen molar-refractivity contribution >= 4 is 11.8 Å². The van der Waals surface area contributed by atoms with E-state index in [4.69, 9.17) is 18.9 Å². The topological polar surface area (TPSA) is 95.1 Å². The van der Waals surface area contributed by atoms with Crippen molar-refractivity contribution in [2.24, 2.45) is 0 Å². The Morgan fingerprint density at radius 2 is 1.19 bits per heavy atom. The highest BCUT2D eigenvalue weighted by molar-refractivity contribution is 6.00. The summed E-state index contributed by atoms with van der Waals surface area (Å²) in [5.41, 5.74) is 6.20. The zero-order valence-corrected chi connectivity index (χ0v) is 15.8. The van der Waals surface area contributed by atoms with Gasteiger partial charge in [0.1, 0.15) is 5.75 Å². The van der Waals surface area contributed by atoms with Crippen LogP contribution in [0.4, 0.5) is 0 Å². The second-order valence-electron chi connectivity index (χ2n) is 5.51. The number of benzene rings is 2. The summed E-state index contributed by atoms with van der Waals surface area (Å²) in [6.07, 6.45) is 0. The van der Waals surface area contributed by atoms with Crippen molar-refractivity contribution in [3.63, 3.8) is 0 Å². The van der Waals surface area contributed by atoms with Gasteiger partial charge in [-0.1, -0.05) is 6.07 Å². The van der Waals surface area contributed by atoms with E-state index in [1.165, 1.54) is 40.6 Å². The summed E-state index contributed by atoms with van der Waals surface area (Å²) in [4.78, 5) is 24.6. The molecular weight excluding hydrogens is 352 g/mol. The van der Waals surface area contributed by atoms with E-state index in [-0.39, 0.29) is 5.56 Å². The van der Waals surface area contributed by atoms with Crippen LogP contribution in [0.25, 0.3) is 0 Å². The van der Waals surface area contributed by atoms with Crippen LogP contribution in [-0.4, -0.2) is 40.3 Å². The number of carbonyl (C=O) groups is 2. The van der Waals surface area contributed by atoms with Crippen molar-refractivity contribution in [1.82, 2.24) is 10.9 Å². The van der Waals surface area contributed by atoms with E-state index < -0.39 is 11.8 Å². The molecule has 0 atom stereocenters. The van der Waals surface area contributed by atoms with Crippen molar-refractivity contribution in [3.8, 4) is 23.0 Å². The molecule has 0 saturated carbocycles. The van der Waals surface area contributed by atoms with Gasteiger partial charge in [-0.2, -0.15) is 0 Å². The van der Waals surface area contributed by atoms with Crippen LogP contribution < -0.4 is 29.8 Å². The van der Waals surface area contributed by atoms with Gasteiger partial charge in [-0.15, -0.1) is 0 Å². The fourth-order valence-corrected chi connectivity index (χ4v) is 2.43. The Morgan fingerprint density at radius 1 is 0.704 bits per heavy atom. The van der Waals surface area contributed by atoms with Crippen LogP contribution in [0.3, 0.4) is 0 Å². The van der Waals surface area contributed by atoms with Gasteiger partial charge < -0.3 is 18.9 Å². The maximum Gasteiger partial charge on any atom is 0.269 e. The quantitative estimate of drug-likeness (QED) is 0.752. The van der Waals surface area contributed by atoms with Gasteiger partial charge in [-0.3, -0.25) is 20.4 Å². The molecular formula is C19H22N2O6. The smallest absolute Gasteiger partial charge is 0.269 e. The summed E-state index contributed by atoms with van der Waals surface area (Å²) >= 11 is 0. The highest BCUT2D eigenvalue weighted by Gasteiger charge is 2.17. The first-order valence-electron chi connectivity index (χ1n) is 8.00. The molecule has 2 rings (SSSR count). The molecule has 0 aromatic heterocycles. The van der Waals surface area contributed by atoms with Crippen LogP contribution >= 0.6 is 0 Å². The van der Waals surface area contributed by atoms with Crippen molar-refractivity contribution < 1.29 is 28.5 Å². The first-order valence-corrected chi connectivity index (χ1v) is 8.00. The molecule has 2 aromatic carbocycles. The SMILES string of the molecule is COc1cc(C(=O)NNC(=O)c2cc(OC)c(OC)c(OC)c2)ccc1C. The normalized spacial score (nSPS) is 9.96. The second-order valence-corrected chi connectivity index (χ2v) is 5.51. The maximum absolute atomic E-state index is 12.4. The van der Waals surface area contributed by atoms with Crippen LogP contribution in [0.5, 0.6) is 23.0 Å². The lowest BCUT2D eigenvalue weighted by molar-refractivity contribution is 0.0846. The Labute approximate surface area is 157 Å². The average molecular weight is 374 g/mol. The number of hydrogen-bond acceptors (Lipinski definition) is 6. The Hall–Kier alpha value is -3.42. The van der Waals surface area contributed by atoms with Gasteiger partial charge in [-0.05, 0) is 36.8 Å². The van der Waals surface area contributed by atoms with Gasteiger partial charge >= 0.3 is 0 Å². The zero-order valence-electron chi connectivity index (χ0n) is 15.8. The van der Waals surface area contributed by atoms with E-state index in [0.29, 0.717) is 28.6 Å². The van der Waals surface area contributed by atoms with E-state index in [9.17, 15) is 9.59 Å². The van der Waals surface area contributed by atoms with Crippen molar-refractivity contribution in [2.45, 2.75) is 6.92 Å². The van der Waals surface area contributed by atoms with Gasteiger partial charge in [0.25, 0.3) is 11.8 Å². The highest BCUT2D eigenvalue weighted by atomic mass is 16.5. The molecule has 0 radical (unpaired) electrons. The van der Waals surface area contributed by atoms with Crippen molar-refractivity contribution in [1.29, 1.82) is 0 Å². The molecule has 27 heavy (non-hydrogen) atoms. The molecule has 0 spiro atoms. The maximum atomic E-state index is 12.4. The molecule has 0 aliphatic carbocycles. The fraction of sp³-hybridized carbons (Fsp3) is 0.263. The number of ether oxygens (including phenoxy) is 4. The summed E-state index contributed by atoms with van der Waals surface area (Å²) in [7, 11) is 5.89. The predicted molar refractivity (Wildman–Crippen MR) is 98.8 cm³/mol. The van der Waals surface area contributed by atoms with Crippen LogP contribution in [0.15, 0.2) is 30.3 Å². The number of carbonyl (C=O) groups excluding carboxylic acids is 2. The van der Waals surface area contributed by atoms with Gasteiger partial charge in [0, 0.05) is 11.1 Å². The van der Waals surface area contributed by atoms with E-state index >= 15 is 0 Å². The van der Waals surface area contributed by atoms with Crippen molar-refractivity contribution in [3.05, 3.63) is 47.0 Å². The number of rotatable bonds is 6. The van der Waals surface area contributed by atoms with Gasteiger partial charge in [0.15, 0.2) is 11.5 Å². The lowest BCUT2D eigenvalue weighted by atomic mass is 10.1. The first-order chi connectivity index (χ1) is 12.9. The van der Waals surface area contributed by atoms with Crippen LogP contribution in [0.1, 0.15) is 26.3 Å². The molecule has 8 nitrogen and oxygen atoms in total. The standard InChI is InChI=1S/C19H22N2O6/c1-11-6-7-12(8-14(11)24-2)18(22)20-21-19(23)13-9-15(25-3)17(27-5)16(10-13)26-4/h6-10H,1-5H3,(H,20,22)(H,21,23). The molecule has 0 aliphatic heterocycles. The van der Waals surface area contributed by atoms with E-state index in [1.54, 1.807) is 18.2 Å². The number of hydrogen-bond donors (Lipinski definition) is 2. The summed E-state index contributed by atoms with van der Waals surface area (Å²) in [5, 5.41) is 0. The summed E-state index contributed by atoms with van der Waals surface area (Å²) < 4.78 is 20.8. The molecule has 2 N–H and O–H groups in total. The van der Waals surface area contributed by atoms with Gasteiger partial charge in [-0.25, -0.2) is 0 Å². The summed E-state index contributed by atoms with van der Waals surface area (Å²) in [5.74, 6) is 0.593. The Bertz CT molecular complexity index is 825. The summed E-state index contributed by atoms with van der Waals surface area (Å²) in [6, 6.07) is 7.96. The number of amides is 2. The Balaban J connectivity index is 2.14. The number of methoxy groups -OCH3 is 4. The number of hydrazine groups is 1. The predicted octanol–water partition coefficient (Wildman–Crippen LogP) is 2.10. The molecule has 0 heterocycles. The molecule has 144 valence electrons. The largest absolute Gasteiger partial charge is 0.496 e. The van der Waals surface area contributed by atoms with E-state index in [1.807, 2.05) is 6.92 Å². The molecule has 8 heteroatoms. The zero-order chi connectivity index (χ0) is 20.0. The number of aryl methyl sites for hydroxylation is 1. The van der Waals surface area contributed by atoms with Crippen molar-refractivity contribution in [2.75, 3.05) is 28.4 Å². The van der Waals surface area contributed by atoms with E-state index in [0.717, 1.165) is 5.56 Å². The van der Waals surface area contributed by atoms with Crippen LogP contribution in [0, 0.1) is 6.92 Å². The molecule has 2 aromatic rings. The second kappa shape index (κ2) is 8.79. The lowest BCUT2D eigenvalue weighted by Crippen LogP contribution is -2.41. The monoisotopic (exact) mass is 374 g/mol. The molecule has 0 saturated heterocycles. The molecule has 0 aliphatic rings. The molecule has 2 amide bonds. The number of nitrogens with one attached hydrogen (secondary N) is 2. The fourth-order valence-electron chi connectivity index (χ4n) is 2.43. The van der Waals surface area contributed by atoms with Gasteiger partial charge in [0.2, 0.25) is 5.75 Å². The minimum atomic E-state index is -0.540. The molecule has 0 fully saturated rings.